The van der Waals surface area contributed by atoms with Crippen LogP contribution in [0.5, 0.6) is 0 Å². The Balaban J connectivity index is 2.65. The predicted octanol–water partition coefficient (Wildman–Crippen LogP) is 4.43. The molecule has 0 saturated heterocycles. The van der Waals surface area contributed by atoms with Gasteiger partial charge in [0.15, 0.2) is 0 Å². The van der Waals surface area contributed by atoms with Crippen molar-refractivity contribution in [3.05, 3.63) is 34.9 Å². The molecule has 0 radical (unpaired) electrons. The summed E-state index contributed by atoms with van der Waals surface area (Å²) in [7, 11) is 0. The minimum Gasteiger partial charge on any atom is -0.307 e. The topological polar surface area (TPSA) is 12.0 Å². The lowest BCUT2D eigenvalue weighted by Crippen LogP contribution is -2.34. The fraction of sp³-hybridized carbons (Fsp3) is 0.571. The summed E-state index contributed by atoms with van der Waals surface area (Å²) < 4.78 is 0. The molecular formula is C14H22ClN. The first-order valence-corrected chi connectivity index (χ1v) is 6.44. The Kier molecular flexibility index (Phi) is 5.30. The standard InChI is InChI=1S/C14H22ClN/c1-5-10(2)11(3)16-12(4)13-8-6-7-9-14(13)15/h6-12,16H,5H2,1-4H3. The van der Waals surface area contributed by atoms with E-state index < -0.39 is 0 Å². The third-order valence-corrected chi connectivity index (χ3v) is 3.73. The van der Waals surface area contributed by atoms with Crippen LogP contribution in [-0.4, -0.2) is 6.04 Å². The fourth-order valence-corrected chi connectivity index (χ4v) is 2.13. The van der Waals surface area contributed by atoms with Gasteiger partial charge in [-0.25, -0.2) is 0 Å². The van der Waals surface area contributed by atoms with Gasteiger partial charge in [-0.3, -0.25) is 0 Å². The van der Waals surface area contributed by atoms with E-state index in [-0.39, 0.29) is 0 Å². The Labute approximate surface area is 104 Å². The van der Waals surface area contributed by atoms with Crippen LogP contribution < -0.4 is 5.32 Å². The van der Waals surface area contributed by atoms with Crippen LogP contribution in [0.2, 0.25) is 5.02 Å². The summed E-state index contributed by atoms with van der Waals surface area (Å²) >= 11 is 6.18. The van der Waals surface area contributed by atoms with Crippen LogP contribution in [0.4, 0.5) is 0 Å². The predicted molar refractivity (Wildman–Crippen MR) is 71.9 cm³/mol. The van der Waals surface area contributed by atoms with E-state index in [1.165, 1.54) is 12.0 Å². The Bertz CT molecular complexity index is 324. The van der Waals surface area contributed by atoms with Crippen LogP contribution in [-0.2, 0) is 0 Å². The van der Waals surface area contributed by atoms with Gasteiger partial charge < -0.3 is 5.32 Å². The molecule has 0 aromatic heterocycles. The van der Waals surface area contributed by atoms with Gasteiger partial charge in [0.1, 0.15) is 0 Å². The Hall–Kier alpha value is -0.530. The molecule has 0 spiro atoms. The van der Waals surface area contributed by atoms with Crippen molar-refractivity contribution in [2.75, 3.05) is 0 Å². The van der Waals surface area contributed by atoms with Crippen molar-refractivity contribution in [3.63, 3.8) is 0 Å². The third-order valence-electron chi connectivity index (χ3n) is 3.38. The van der Waals surface area contributed by atoms with Crippen LogP contribution in [0, 0.1) is 5.92 Å². The van der Waals surface area contributed by atoms with Gasteiger partial charge in [0.2, 0.25) is 0 Å². The number of benzene rings is 1. The lowest BCUT2D eigenvalue weighted by Gasteiger charge is -2.25. The van der Waals surface area contributed by atoms with Crippen molar-refractivity contribution in [2.24, 2.45) is 5.92 Å². The highest BCUT2D eigenvalue weighted by Crippen LogP contribution is 2.23. The molecular weight excluding hydrogens is 218 g/mol. The molecule has 0 amide bonds. The highest BCUT2D eigenvalue weighted by Gasteiger charge is 2.15. The minimum absolute atomic E-state index is 0.303. The SMILES string of the molecule is CCC(C)C(C)NC(C)c1ccccc1Cl. The molecule has 1 rings (SSSR count). The van der Waals surface area contributed by atoms with Crippen molar-refractivity contribution in [2.45, 2.75) is 46.2 Å². The molecule has 0 saturated carbocycles. The van der Waals surface area contributed by atoms with Gasteiger partial charge in [-0.2, -0.15) is 0 Å². The van der Waals surface area contributed by atoms with Crippen molar-refractivity contribution in [1.82, 2.24) is 5.32 Å². The molecule has 2 heteroatoms. The van der Waals surface area contributed by atoms with E-state index in [2.05, 4.69) is 39.1 Å². The minimum atomic E-state index is 0.303. The lowest BCUT2D eigenvalue weighted by atomic mass is 9.99. The van der Waals surface area contributed by atoms with Gasteiger partial charge in [0.05, 0.1) is 0 Å². The summed E-state index contributed by atoms with van der Waals surface area (Å²) in [6, 6.07) is 8.85. The molecule has 1 N–H and O–H groups in total. The number of halogens is 1. The molecule has 0 aliphatic heterocycles. The molecule has 0 fully saturated rings. The molecule has 1 aromatic carbocycles. The van der Waals surface area contributed by atoms with Crippen LogP contribution in [0.25, 0.3) is 0 Å². The Morgan fingerprint density at radius 3 is 2.38 bits per heavy atom. The first-order chi connectivity index (χ1) is 7.56. The number of nitrogens with one attached hydrogen (secondary N) is 1. The molecule has 16 heavy (non-hydrogen) atoms. The highest BCUT2D eigenvalue weighted by atomic mass is 35.5. The number of hydrogen-bond donors (Lipinski definition) is 1. The molecule has 1 aromatic rings. The van der Waals surface area contributed by atoms with Gasteiger partial charge in [0, 0.05) is 17.1 Å². The third kappa shape index (κ3) is 3.50. The summed E-state index contributed by atoms with van der Waals surface area (Å²) in [6.07, 6.45) is 1.20. The zero-order valence-electron chi connectivity index (χ0n) is 10.6. The Morgan fingerprint density at radius 2 is 1.81 bits per heavy atom. The average Bonchev–Trinajstić information content (AvgIpc) is 2.28. The van der Waals surface area contributed by atoms with E-state index in [4.69, 9.17) is 11.6 Å². The maximum atomic E-state index is 6.18. The van der Waals surface area contributed by atoms with E-state index in [0.717, 1.165) is 5.02 Å². The van der Waals surface area contributed by atoms with Crippen molar-refractivity contribution in [3.8, 4) is 0 Å². The monoisotopic (exact) mass is 239 g/mol. The average molecular weight is 240 g/mol. The van der Waals surface area contributed by atoms with E-state index in [1.807, 2.05) is 18.2 Å². The van der Waals surface area contributed by atoms with Crippen LogP contribution in [0.15, 0.2) is 24.3 Å². The zero-order chi connectivity index (χ0) is 12.1. The molecule has 3 atom stereocenters. The van der Waals surface area contributed by atoms with Crippen LogP contribution in [0.1, 0.15) is 45.7 Å². The molecule has 1 nitrogen and oxygen atoms in total. The van der Waals surface area contributed by atoms with E-state index in [0.29, 0.717) is 18.0 Å². The number of rotatable bonds is 5. The highest BCUT2D eigenvalue weighted by molar-refractivity contribution is 6.31. The van der Waals surface area contributed by atoms with Crippen LogP contribution in [0.3, 0.4) is 0 Å². The van der Waals surface area contributed by atoms with E-state index in [9.17, 15) is 0 Å². The lowest BCUT2D eigenvalue weighted by molar-refractivity contribution is 0.360. The smallest absolute Gasteiger partial charge is 0.0453 e. The summed E-state index contributed by atoms with van der Waals surface area (Å²) in [6.45, 7) is 8.90. The fourth-order valence-electron chi connectivity index (χ4n) is 1.83. The van der Waals surface area contributed by atoms with Crippen molar-refractivity contribution < 1.29 is 0 Å². The zero-order valence-corrected chi connectivity index (χ0v) is 11.4. The van der Waals surface area contributed by atoms with Gasteiger partial charge in [-0.1, -0.05) is 50.1 Å². The summed E-state index contributed by atoms with van der Waals surface area (Å²) in [5.41, 5.74) is 1.18. The first-order valence-electron chi connectivity index (χ1n) is 6.06. The summed E-state index contributed by atoms with van der Waals surface area (Å²) in [4.78, 5) is 0. The first kappa shape index (κ1) is 13.5. The molecule has 0 aliphatic rings. The quantitative estimate of drug-likeness (QED) is 0.802. The van der Waals surface area contributed by atoms with E-state index >= 15 is 0 Å². The molecule has 0 bridgehead atoms. The maximum absolute atomic E-state index is 6.18. The molecule has 3 unspecified atom stereocenters. The summed E-state index contributed by atoms with van der Waals surface area (Å²) in [5.74, 6) is 0.685. The second-order valence-corrected chi connectivity index (χ2v) is 4.99. The van der Waals surface area contributed by atoms with Crippen molar-refractivity contribution >= 4 is 11.6 Å². The molecule has 0 heterocycles. The molecule has 0 aliphatic carbocycles. The Morgan fingerprint density at radius 1 is 1.19 bits per heavy atom. The normalized spacial score (nSPS) is 16.8. The van der Waals surface area contributed by atoms with Crippen molar-refractivity contribution in [1.29, 1.82) is 0 Å². The van der Waals surface area contributed by atoms with Gasteiger partial charge in [-0.05, 0) is 31.4 Å². The van der Waals surface area contributed by atoms with Gasteiger partial charge in [0.25, 0.3) is 0 Å². The number of hydrogen-bond acceptors (Lipinski definition) is 1. The van der Waals surface area contributed by atoms with Gasteiger partial charge in [-0.15, -0.1) is 0 Å². The molecule has 90 valence electrons. The maximum Gasteiger partial charge on any atom is 0.0453 e. The second kappa shape index (κ2) is 6.27. The second-order valence-electron chi connectivity index (χ2n) is 4.58. The van der Waals surface area contributed by atoms with E-state index in [1.54, 1.807) is 0 Å². The van der Waals surface area contributed by atoms with Gasteiger partial charge >= 0.3 is 0 Å². The largest absolute Gasteiger partial charge is 0.307 e. The van der Waals surface area contributed by atoms with Crippen LogP contribution >= 0.6 is 11.6 Å². The summed E-state index contributed by atoms with van der Waals surface area (Å²) in [5, 5.41) is 4.45.